The molecule has 0 atom stereocenters. The second-order valence-corrected chi connectivity index (χ2v) is 5.65. The molecule has 0 saturated carbocycles. The second kappa shape index (κ2) is 5.49. The van der Waals surface area contributed by atoms with E-state index >= 15 is 0 Å². The van der Waals surface area contributed by atoms with Gasteiger partial charge in [0, 0.05) is 32.3 Å². The molecule has 0 saturated heterocycles. The Hall–Kier alpha value is -2.70. The van der Waals surface area contributed by atoms with Crippen molar-refractivity contribution in [1.29, 1.82) is 0 Å². The van der Waals surface area contributed by atoms with Gasteiger partial charge < -0.3 is 14.0 Å². The van der Waals surface area contributed by atoms with E-state index < -0.39 is 0 Å². The third-order valence-corrected chi connectivity index (χ3v) is 4.10. The van der Waals surface area contributed by atoms with Gasteiger partial charge in [-0.15, -0.1) is 0 Å². The highest BCUT2D eigenvalue weighted by Gasteiger charge is 2.26. The zero-order chi connectivity index (χ0) is 16.7. The number of nitrogens with zero attached hydrogens (tertiary/aromatic N) is 5. The summed E-state index contributed by atoms with van der Waals surface area (Å²) in [7, 11) is 5.64. The maximum absolute atomic E-state index is 11.7. The van der Waals surface area contributed by atoms with Crippen LogP contribution in [0, 0.1) is 6.92 Å². The number of carbonyl (C=O) groups is 1. The van der Waals surface area contributed by atoms with Gasteiger partial charge in [-0.05, 0) is 13.3 Å². The molecule has 23 heavy (non-hydrogen) atoms. The molecule has 0 aliphatic carbocycles. The van der Waals surface area contributed by atoms with Crippen molar-refractivity contribution in [2.75, 3.05) is 19.0 Å². The van der Waals surface area contributed by atoms with Gasteiger partial charge in [-0.25, -0.2) is 9.97 Å². The number of aldehydes is 1. The maximum atomic E-state index is 11.7. The summed E-state index contributed by atoms with van der Waals surface area (Å²) < 4.78 is 7.14. The molecular formula is C16H19N5O2. The quantitative estimate of drug-likeness (QED) is 0.688. The van der Waals surface area contributed by atoms with Gasteiger partial charge in [0.1, 0.15) is 29.2 Å². The van der Waals surface area contributed by atoms with Gasteiger partial charge in [-0.1, -0.05) is 12.1 Å². The average Bonchev–Trinajstić information content (AvgIpc) is 3.04. The van der Waals surface area contributed by atoms with Gasteiger partial charge in [0.2, 0.25) is 0 Å². The number of hydrogen-bond acceptors (Lipinski definition) is 6. The van der Waals surface area contributed by atoms with Crippen LogP contribution in [0.2, 0.25) is 0 Å². The lowest BCUT2D eigenvalue weighted by atomic mass is 10.0. The molecule has 3 aromatic rings. The van der Waals surface area contributed by atoms with Crippen molar-refractivity contribution >= 4 is 23.1 Å². The summed E-state index contributed by atoms with van der Waals surface area (Å²) in [6.07, 6.45) is 3.11. The predicted molar refractivity (Wildman–Crippen MR) is 87.8 cm³/mol. The molecule has 120 valence electrons. The van der Waals surface area contributed by atoms with E-state index in [2.05, 4.69) is 15.1 Å². The molecule has 0 aliphatic rings. The molecule has 0 radical (unpaired) electrons. The molecule has 0 bridgehead atoms. The molecule has 0 fully saturated rings. The SMILES string of the molecule is CCc1c(-c2c(C=O)n(C)c3ncnc(N(C)C)c23)noc1C. The number of fused-ring (bicyclic) bond motifs is 1. The van der Waals surface area contributed by atoms with Crippen molar-refractivity contribution in [3.63, 3.8) is 0 Å². The van der Waals surface area contributed by atoms with Crippen LogP contribution in [0.5, 0.6) is 0 Å². The van der Waals surface area contributed by atoms with Crippen LogP contribution < -0.4 is 4.90 Å². The van der Waals surface area contributed by atoms with Gasteiger partial charge >= 0.3 is 0 Å². The van der Waals surface area contributed by atoms with Gasteiger partial charge in [-0.3, -0.25) is 4.79 Å². The van der Waals surface area contributed by atoms with Crippen molar-refractivity contribution in [2.45, 2.75) is 20.3 Å². The summed E-state index contributed by atoms with van der Waals surface area (Å²) in [4.78, 5) is 22.4. The van der Waals surface area contributed by atoms with Crippen molar-refractivity contribution in [3.8, 4) is 11.3 Å². The fourth-order valence-corrected chi connectivity index (χ4v) is 2.98. The van der Waals surface area contributed by atoms with Gasteiger partial charge in [0.25, 0.3) is 0 Å². The number of anilines is 1. The Kier molecular flexibility index (Phi) is 3.63. The molecule has 7 nitrogen and oxygen atoms in total. The topological polar surface area (TPSA) is 77.1 Å². The minimum absolute atomic E-state index is 0.520. The zero-order valence-corrected chi connectivity index (χ0v) is 13.9. The Balaban J connectivity index is 2.50. The molecule has 7 heteroatoms. The molecule has 0 spiro atoms. The largest absolute Gasteiger partial charge is 0.362 e. The Labute approximate surface area is 133 Å². The van der Waals surface area contributed by atoms with Crippen LogP contribution in [0.1, 0.15) is 28.7 Å². The smallest absolute Gasteiger partial charge is 0.167 e. The minimum atomic E-state index is 0.520. The normalized spacial score (nSPS) is 11.2. The lowest BCUT2D eigenvalue weighted by Crippen LogP contribution is -2.11. The molecule has 3 aromatic heterocycles. The first-order chi connectivity index (χ1) is 11.0. The third-order valence-electron chi connectivity index (χ3n) is 4.10. The summed E-state index contributed by atoms with van der Waals surface area (Å²) in [6, 6.07) is 0. The summed E-state index contributed by atoms with van der Waals surface area (Å²) in [5.74, 6) is 1.51. The fraction of sp³-hybridized carbons (Fsp3) is 0.375. The first-order valence-electron chi connectivity index (χ1n) is 7.42. The lowest BCUT2D eigenvalue weighted by molar-refractivity contribution is 0.111. The standard InChI is InChI=1S/C16H19N5O2/c1-6-10-9(2)23-19-14(10)12-11(7-22)21(5)16-13(12)15(20(3)4)17-8-18-16/h7-8H,6H2,1-5H3. The van der Waals surface area contributed by atoms with Gasteiger partial charge in [-0.2, -0.15) is 0 Å². The van der Waals surface area contributed by atoms with E-state index in [0.29, 0.717) is 17.0 Å². The highest BCUT2D eigenvalue weighted by atomic mass is 16.5. The van der Waals surface area contributed by atoms with Crippen LogP contribution in [-0.2, 0) is 13.5 Å². The zero-order valence-electron chi connectivity index (χ0n) is 13.9. The van der Waals surface area contributed by atoms with E-state index in [1.807, 2.05) is 39.9 Å². The monoisotopic (exact) mass is 313 g/mol. The molecule has 3 heterocycles. The van der Waals surface area contributed by atoms with Crippen LogP contribution in [0.3, 0.4) is 0 Å². The third kappa shape index (κ3) is 2.11. The Morgan fingerprint density at radius 1 is 1.35 bits per heavy atom. The highest BCUT2D eigenvalue weighted by molar-refractivity contribution is 6.08. The van der Waals surface area contributed by atoms with Crippen molar-refractivity contribution in [2.24, 2.45) is 7.05 Å². The highest BCUT2D eigenvalue weighted by Crippen LogP contribution is 2.38. The van der Waals surface area contributed by atoms with E-state index in [4.69, 9.17) is 4.52 Å². The number of rotatable bonds is 4. The molecule has 0 aliphatic heterocycles. The van der Waals surface area contributed by atoms with E-state index in [0.717, 1.165) is 40.8 Å². The number of hydrogen-bond donors (Lipinski definition) is 0. The molecular weight excluding hydrogens is 294 g/mol. The van der Waals surface area contributed by atoms with Gasteiger partial charge in [0.15, 0.2) is 6.29 Å². The van der Waals surface area contributed by atoms with Crippen LogP contribution in [0.25, 0.3) is 22.3 Å². The molecule has 0 N–H and O–H groups in total. The lowest BCUT2D eigenvalue weighted by Gasteiger charge is -2.12. The molecule has 0 amide bonds. The Morgan fingerprint density at radius 2 is 2.09 bits per heavy atom. The van der Waals surface area contributed by atoms with Gasteiger partial charge in [0.05, 0.1) is 11.1 Å². The first kappa shape index (κ1) is 15.2. The second-order valence-electron chi connectivity index (χ2n) is 5.65. The summed E-state index contributed by atoms with van der Waals surface area (Å²) in [5, 5.41) is 5.02. The van der Waals surface area contributed by atoms with Crippen molar-refractivity contribution in [3.05, 3.63) is 23.3 Å². The molecule has 0 unspecified atom stereocenters. The number of aryl methyl sites for hydroxylation is 2. The van der Waals surface area contributed by atoms with E-state index in [-0.39, 0.29) is 0 Å². The molecule has 3 rings (SSSR count). The first-order valence-corrected chi connectivity index (χ1v) is 7.42. The fourth-order valence-electron chi connectivity index (χ4n) is 2.98. The minimum Gasteiger partial charge on any atom is -0.362 e. The number of aromatic nitrogens is 4. The van der Waals surface area contributed by atoms with E-state index in [1.54, 1.807) is 4.57 Å². The maximum Gasteiger partial charge on any atom is 0.167 e. The Morgan fingerprint density at radius 3 is 2.70 bits per heavy atom. The van der Waals surface area contributed by atoms with E-state index in [9.17, 15) is 4.79 Å². The van der Waals surface area contributed by atoms with Crippen LogP contribution >= 0.6 is 0 Å². The molecule has 0 aromatic carbocycles. The van der Waals surface area contributed by atoms with Crippen LogP contribution in [-0.4, -0.2) is 40.1 Å². The van der Waals surface area contributed by atoms with Crippen molar-refractivity contribution in [1.82, 2.24) is 19.7 Å². The average molecular weight is 313 g/mol. The summed E-state index contributed by atoms with van der Waals surface area (Å²) >= 11 is 0. The number of carbonyl (C=O) groups excluding carboxylic acids is 1. The summed E-state index contributed by atoms with van der Waals surface area (Å²) in [6.45, 7) is 3.92. The Bertz CT molecular complexity index is 892. The predicted octanol–water partition coefficient (Wildman–Crippen LogP) is 2.37. The van der Waals surface area contributed by atoms with Crippen molar-refractivity contribution < 1.29 is 9.32 Å². The van der Waals surface area contributed by atoms with Crippen LogP contribution in [0.4, 0.5) is 5.82 Å². The van der Waals surface area contributed by atoms with Crippen LogP contribution in [0.15, 0.2) is 10.9 Å². The summed E-state index contributed by atoms with van der Waals surface area (Å²) in [5.41, 5.74) is 3.63. The van der Waals surface area contributed by atoms with E-state index in [1.165, 1.54) is 6.33 Å².